The van der Waals surface area contributed by atoms with Crippen LogP contribution in [-0.2, 0) is 16.1 Å². The Morgan fingerprint density at radius 2 is 1.86 bits per heavy atom. The van der Waals surface area contributed by atoms with Gasteiger partial charge in [0.05, 0.1) is 6.10 Å². The van der Waals surface area contributed by atoms with E-state index < -0.39 is 0 Å². The van der Waals surface area contributed by atoms with Crippen molar-refractivity contribution < 1.29 is 14.3 Å². The van der Waals surface area contributed by atoms with E-state index in [4.69, 9.17) is 9.47 Å². The minimum absolute atomic E-state index is 0.0711. The van der Waals surface area contributed by atoms with Crippen LogP contribution in [0.1, 0.15) is 62.5 Å². The van der Waals surface area contributed by atoms with Gasteiger partial charge in [-0.15, -0.1) is 0 Å². The quantitative estimate of drug-likeness (QED) is 0.758. The number of hydrogen-bond donors (Lipinski definition) is 1. The maximum absolute atomic E-state index is 10.5. The van der Waals surface area contributed by atoms with Crippen LogP contribution in [0.2, 0.25) is 0 Å². The molecule has 0 atom stereocenters. The number of nitrogens with zero attached hydrogens (tertiary/aromatic N) is 1. The molecule has 0 bridgehead atoms. The molecule has 0 unspecified atom stereocenters. The van der Waals surface area contributed by atoms with Crippen LogP contribution in [0.3, 0.4) is 0 Å². The van der Waals surface area contributed by atoms with Crippen molar-refractivity contribution in [2.24, 2.45) is 0 Å². The fourth-order valence-corrected chi connectivity index (χ4v) is 5.46. The Morgan fingerprint density at radius 3 is 2.61 bits per heavy atom. The van der Waals surface area contributed by atoms with Crippen molar-refractivity contribution in [1.29, 1.82) is 0 Å². The summed E-state index contributed by atoms with van der Waals surface area (Å²) in [5.41, 5.74) is 3.05. The van der Waals surface area contributed by atoms with Gasteiger partial charge in [0, 0.05) is 12.1 Å². The molecule has 0 aromatic heterocycles. The van der Waals surface area contributed by atoms with E-state index in [0.29, 0.717) is 12.0 Å². The van der Waals surface area contributed by atoms with Crippen molar-refractivity contribution in [3.63, 3.8) is 0 Å². The van der Waals surface area contributed by atoms with Gasteiger partial charge in [0.25, 0.3) is 6.47 Å². The van der Waals surface area contributed by atoms with Gasteiger partial charge in [-0.25, -0.2) is 0 Å². The SMILES string of the molecule is Cc1cc(CN2CCCC23CCNCC3)cc(OC2CCC(OC=O)CC2)c1. The van der Waals surface area contributed by atoms with Gasteiger partial charge in [-0.2, -0.15) is 0 Å². The molecule has 154 valence electrons. The second kappa shape index (κ2) is 8.83. The molecular weight excluding hydrogens is 352 g/mol. The van der Waals surface area contributed by atoms with Gasteiger partial charge in [0.15, 0.2) is 0 Å². The first-order chi connectivity index (χ1) is 13.7. The van der Waals surface area contributed by atoms with Gasteiger partial charge >= 0.3 is 0 Å². The summed E-state index contributed by atoms with van der Waals surface area (Å²) in [5, 5.41) is 3.52. The predicted octanol–water partition coefficient (Wildman–Crippen LogP) is 3.58. The maximum Gasteiger partial charge on any atom is 0.293 e. The molecule has 1 spiro atoms. The van der Waals surface area contributed by atoms with Crippen molar-refractivity contribution in [2.75, 3.05) is 19.6 Å². The number of likely N-dealkylation sites (tertiary alicyclic amines) is 1. The molecule has 3 aliphatic rings. The monoisotopic (exact) mass is 386 g/mol. The van der Waals surface area contributed by atoms with E-state index in [1.165, 1.54) is 43.4 Å². The van der Waals surface area contributed by atoms with Crippen LogP contribution in [0, 0.1) is 6.92 Å². The molecule has 1 saturated carbocycles. The number of hydrogen-bond acceptors (Lipinski definition) is 5. The average molecular weight is 387 g/mol. The topological polar surface area (TPSA) is 50.8 Å². The van der Waals surface area contributed by atoms with Crippen LogP contribution in [0.25, 0.3) is 0 Å². The van der Waals surface area contributed by atoms with Crippen molar-refractivity contribution in [3.8, 4) is 5.75 Å². The Balaban J connectivity index is 1.39. The highest BCUT2D eigenvalue weighted by Crippen LogP contribution is 2.38. The number of piperidine rings is 1. The van der Waals surface area contributed by atoms with Crippen LogP contribution >= 0.6 is 0 Å². The first-order valence-corrected chi connectivity index (χ1v) is 11.0. The molecule has 1 N–H and O–H groups in total. The number of benzene rings is 1. The molecule has 2 saturated heterocycles. The summed E-state index contributed by atoms with van der Waals surface area (Å²) in [4.78, 5) is 13.2. The van der Waals surface area contributed by atoms with Crippen LogP contribution in [0.5, 0.6) is 5.75 Å². The lowest BCUT2D eigenvalue weighted by Gasteiger charge is -2.42. The molecule has 3 fully saturated rings. The summed E-state index contributed by atoms with van der Waals surface area (Å²) in [7, 11) is 0. The van der Waals surface area contributed by atoms with Gasteiger partial charge in [-0.1, -0.05) is 6.07 Å². The Labute approximate surface area is 168 Å². The molecule has 2 heterocycles. The fraction of sp³-hybridized carbons (Fsp3) is 0.696. The van der Waals surface area contributed by atoms with Crippen molar-refractivity contribution in [3.05, 3.63) is 29.3 Å². The van der Waals surface area contributed by atoms with Crippen molar-refractivity contribution in [2.45, 2.75) is 82.6 Å². The van der Waals surface area contributed by atoms with Gasteiger partial charge < -0.3 is 14.8 Å². The van der Waals surface area contributed by atoms with E-state index in [1.54, 1.807) is 0 Å². The number of carbonyl (C=O) groups is 1. The molecule has 0 radical (unpaired) electrons. The molecule has 0 amide bonds. The third kappa shape index (κ3) is 4.52. The van der Waals surface area contributed by atoms with Gasteiger partial charge in [-0.05, 0) is 101 Å². The highest BCUT2D eigenvalue weighted by atomic mass is 16.5. The third-order valence-electron chi connectivity index (χ3n) is 6.93. The molecule has 28 heavy (non-hydrogen) atoms. The summed E-state index contributed by atoms with van der Waals surface area (Å²) < 4.78 is 11.4. The van der Waals surface area contributed by atoms with E-state index in [1.807, 2.05) is 0 Å². The molecule has 1 aliphatic carbocycles. The Bertz CT molecular complexity index is 664. The number of rotatable bonds is 6. The maximum atomic E-state index is 10.5. The lowest BCUT2D eigenvalue weighted by atomic mass is 9.85. The second-order valence-electron chi connectivity index (χ2n) is 8.90. The molecule has 1 aromatic rings. The van der Waals surface area contributed by atoms with E-state index in [9.17, 15) is 4.79 Å². The molecular formula is C23H34N2O3. The van der Waals surface area contributed by atoms with Crippen LogP contribution in [-0.4, -0.2) is 48.8 Å². The highest BCUT2D eigenvalue weighted by molar-refractivity contribution is 5.37. The summed E-state index contributed by atoms with van der Waals surface area (Å²) in [5.74, 6) is 0.994. The first kappa shape index (κ1) is 19.7. The fourth-order valence-electron chi connectivity index (χ4n) is 5.46. The van der Waals surface area contributed by atoms with E-state index in [2.05, 4.69) is 35.3 Å². The molecule has 1 aromatic carbocycles. The minimum Gasteiger partial charge on any atom is -0.490 e. The van der Waals surface area contributed by atoms with E-state index in [0.717, 1.165) is 51.1 Å². The lowest BCUT2D eigenvalue weighted by Crippen LogP contribution is -2.50. The molecule has 2 aliphatic heterocycles. The summed E-state index contributed by atoms with van der Waals surface area (Å²) in [6.07, 6.45) is 9.19. The van der Waals surface area contributed by atoms with Crippen molar-refractivity contribution >= 4 is 6.47 Å². The second-order valence-corrected chi connectivity index (χ2v) is 8.90. The standard InChI is InChI=1S/C23H34N2O3/c1-18-13-19(16-25-12-2-7-23(25)8-10-24-11-9-23)15-22(14-18)28-21-5-3-20(4-6-21)27-17-26/h13-15,17,20-21,24H,2-12,16H2,1H3. The lowest BCUT2D eigenvalue weighted by molar-refractivity contribution is -0.135. The largest absolute Gasteiger partial charge is 0.490 e. The van der Waals surface area contributed by atoms with Crippen LogP contribution in [0.15, 0.2) is 18.2 Å². The van der Waals surface area contributed by atoms with Crippen LogP contribution in [0.4, 0.5) is 0 Å². The molecule has 5 heteroatoms. The van der Waals surface area contributed by atoms with E-state index >= 15 is 0 Å². The first-order valence-electron chi connectivity index (χ1n) is 11.0. The highest BCUT2D eigenvalue weighted by Gasteiger charge is 2.41. The summed E-state index contributed by atoms with van der Waals surface area (Å²) >= 11 is 0. The minimum atomic E-state index is 0.0711. The molecule has 4 rings (SSSR count). The number of ether oxygens (including phenoxy) is 2. The third-order valence-corrected chi connectivity index (χ3v) is 6.93. The zero-order valence-electron chi connectivity index (χ0n) is 17.1. The van der Waals surface area contributed by atoms with Crippen molar-refractivity contribution in [1.82, 2.24) is 10.2 Å². The summed E-state index contributed by atoms with van der Waals surface area (Å²) in [6.45, 7) is 7.27. The summed E-state index contributed by atoms with van der Waals surface area (Å²) in [6, 6.07) is 6.71. The normalized spacial score (nSPS) is 27.6. The number of nitrogens with one attached hydrogen (secondary N) is 1. The smallest absolute Gasteiger partial charge is 0.293 e. The van der Waals surface area contributed by atoms with Gasteiger partial charge in [0.2, 0.25) is 0 Å². The molecule has 5 nitrogen and oxygen atoms in total. The Kier molecular flexibility index (Phi) is 6.22. The average Bonchev–Trinajstić information content (AvgIpc) is 3.05. The van der Waals surface area contributed by atoms with Gasteiger partial charge in [-0.3, -0.25) is 9.69 Å². The Morgan fingerprint density at radius 1 is 1.11 bits per heavy atom. The Hall–Kier alpha value is -1.59. The van der Waals surface area contributed by atoms with Gasteiger partial charge in [0.1, 0.15) is 11.9 Å². The zero-order valence-corrected chi connectivity index (χ0v) is 17.1. The zero-order chi connectivity index (χ0) is 19.4. The number of aryl methyl sites for hydroxylation is 1. The van der Waals surface area contributed by atoms with E-state index in [-0.39, 0.29) is 12.2 Å². The number of carbonyl (C=O) groups excluding carboxylic acids is 1. The van der Waals surface area contributed by atoms with Crippen LogP contribution < -0.4 is 10.1 Å². The predicted molar refractivity (Wildman–Crippen MR) is 109 cm³/mol.